The van der Waals surface area contributed by atoms with Crippen LogP contribution in [-0.4, -0.2) is 55.4 Å². The molecule has 1 atom stereocenters. The molecular weight excluding hydrogens is 407 g/mol. The van der Waals surface area contributed by atoms with E-state index in [9.17, 15) is 5.11 Å². The van der Waals surface area contributed by atoms with Crippen LogP contribution in [0.3, 0.4) is 0 Å². The van der Waals surface area contributed by atoms with Gasteiger partial charge in [0.05, 0.1) is 12.7 Å². The fourth-order valence-electron chi connectivity index (χ4n) is 4.84. The van der Waals surface area contributed by atoms with Gasteiger partial charge in [-0.15, -0.1) is 24.8 Å². The van der Waals surface area contributed by atoms with Crippen molar-refractivity contribution in [3.63, 3.8) is 0 Å². The van der Waals surface area contributed by atoms with Crippen molar-refractivity contribution in [1.82, 2.24) is 10.2 Å². The van der Waals surface area contributed by atoms with Crippen molar-refractivity contribution in [1.29, 1.82) is 0 Å². The van der Waals surface area contributed by atoms with Gasteiger partial charge >= 0.3 is 0 Å². The van der Waals surface area contributed by atoms with E-state index in [2.05, 4.69) is 40.5 Å². The molecule has 2 N–H and O–H groups in total. The van der Waals surface area contributed by atoms with E-state index in [-0.39, 0.29) is 30.7 Å². The molecular formula is C23H34Cl2N2O2. The van der Waals surface area contributed by atoms with Crippen LogP contribution in [0.5, 0.6) is 5.75 Å². The summed E-state index contributed by atoms with van der Waals surface area (Å²) in [6.45, 7) is 5.17. The SMILES string of the molecule is COc1ccc2cc(C(CN3CCNCC3)C3(O)CCCCC3)ccc2c1.Cl.Cl. The van der Waals surface area contributed by atoms with Crippen LogP contribution in [0, 0.1) is 0 Å². The van der Waals surface area contributed by atoms with Gasteiger partial charge in [0.2, 0.25) is 0 Å². The number of halogens is 2. The van der Waals surface area contributed by atoms with Gasteiger partial charge in [-0.3, -0.25) is 0 Å². The minimum atomic E-state index is -0.580. The van der Waals surface area contributed by atoms with Gasteiger partial charge in [0, 0.05) is 38.6 Å². The highest BCUT2D eigenvalue weighted by Crippen LogP contribution is 2.41. The van der Waals surface area contributed by atoms with E-state index in [1.807, 2.05) is 6.07 Å². The van der Waals surface area contributed by atoms with Gasteiger partial charge < -0.3 is 20.1 Å². The molecule has 1 heterocycles. The van der Waals surface area contributed by atoms with Crippen molar-refractivity contribution in [2.24, 2.45) is 0 Å². The number of aliphatic hydroxyl groups is 1. The summed E-state index contributed by atoms with van der Waals surface area (Å²) >= 11 is 0. The van der Waals surface area contributed by atoms with E-state index >= 15 is 0 Å². The lowest BCUT2D eigenvalue weighted by Gasteiger charge is -2.42. The Morgan fingerprint density at radius 1 is 1.00 bits per heavy atom. The molecule has 4 rings (SSSR count). The fraction of sp³-hybridized carbons (Fsp3) is 0.565. The first-order valence-electron chi connectivity index (χ1n) is 10.4. The Hall–Kier alpha value is -1.04. The average Bonchev–Trinajstić information content (AvgIpc) is 2.72. The molecule has 29 heavy (non-hydrogen) atoms. The Labute approximate surface area is 186 Å². The molecule has 1 aliphatic heterocycles. The molecule has 162 valence electrons. The lowest BCUT2D eigenvalue weighted by Crippen LogP contribution is -2.49. The van der Waals surface area contributed by atoms with Crippen LogP contribution in [0.2, 0.25) is 0 Å². The predicted octanol–water partition coefficient (Wildman–Crippen LogP) is 4.38. The molecule has 2 aliphatic rings. The van der Waals surface area contributed by atoms with E-state index < -0.39 is 5.60 Å². The Morgan fingerprint density at radius 2 is 1.66 bits per heavy atom. The van der Waals surface area contributed by atoms with Crippen molar-refractivity contribution in [2.75, 3.05) is 39.8 Å². The maximum Gasteiger partial charge on any atom is 0.119 e. The molecule has 0 amide bonds. The minimum Gasteiger partial charge on any atom is -0.497 e. The van der Waals surface area contributed by atoms with Crippen LogP contribution in [0.15, 0.2) is 36.4 Å². The van der Waals surface area contributed by atoms with E-state index in [0.717, 1.165) is 64.2 Å². The van der Waals surface area contributed by atoms with Gasteiger partial charge in [0.15, 0.2) is 0 Å². The second kappa shape index (κ2) is 10.8. The third kappa shape index (κ3) is 5.56. The third-order valence-corrected chi connectivity index (χ3v) is 6.49. The maximum absolute atomic E-state index is 11.6. The summed E-state index contributed by atoms with van der Waals surface area (Å²) < 4.78 is 5.36. The van der Waals surface area contributed by atoms with Crippen molar-refractivity contribution in [3.05, 3.63) is 42.0 Å². The zero-order valence-electron chi connectivity index (χ0n) is 17.2. The van der Waals surface area contributed by atoms with Gasteiger partial charge in [-0.25, -0.2) is 0 Å². The van der Waals surface area contributed by atoms with Crippen LogP contribution in [0.1, 0.15) is 43.6 Å². The summed E-state index contributed by atoms with van der Waals surface area (Å²) in [5.41, 5.74) is 0.694. The highest BCUT2D eigenvalue weighted by molar-refractivity contribution is 5.86. The topological polar surface area (TPSA) is 44.7 Å². The zero-order valence-corrected chi connectivity index (χ0v) is 18.9. The van der Waals surface area contributed by atoms with Crippen LogP contribution >= 0.6 is 24.8 Å². The van der Waals surface area contributed by atoms with E-state index in [1.54, 1.807) is 7.11 Å². The van der Waals surface area contributed by atoms with E-state index in [4.69, 9.17) is 4.74 Å². The fourth-order valence-corrected chi connectivity index (χ4v) is 4.84. The molecule has 1 aliphatic carbocycles. The number of rotatable bonds is 5. The third-order valence-electron chi connectivity index (χ3n) is 6.49. The lowest BCUT2D eigenvalue weighted by molar-refractivity contribution is -0.0316. The largest absolute Gasteiger partial charge is 0.497 e. The number of benzene rings is 2. The van der Waals surface area contributed by atoms with Gasteiger partial charge in [-0.05, 0) is 41.3 Å². The number of piperazine rings is 1. The van der Waals surface area contributed by atoms with Crippen molar-refractivity contribution >= 4 is 35.6 Å². The quantitative estimate of drug-likeness (QED) is 0.723. The standard InChI is InChI=1S/C23H32N2O2.2ClH/c1-27-21-8-7-18-15-20(6-5-19(18)16-21)22(17-25-13-11-24-12-14-25)23(26)9-3-2-4-10-23;;/h5-8,15-16,22,24,26H,2-4,9-14,17H2,1H3;2*1H. The first kappa shape index (κ1) is 24.2. The second-order valence-corrected chi connectivity index (χ2v) is 8.24. The molecule has 2 aromatic carbocycles. The summed E-state index contributed by atoms with van der Waals surface area (Å²) in [6.07, 6.45) is 5.37. The lowest BCUT2D eigenvalue weighted by atomic mass is 9.72. The number of ether oxygens (including phenoxy) is 1. The summed E-state index contributed by atoms with van der Waals surface area (Å²) in [5, 5.41) is 17.5. The predicted molar refractivity (Wildman–Crippen MR) is 125 cm³/mol. The second-order valence-electron chi connectivity index (χ2n) is 8.24. The van der Waals surface area contributed by atoms with Crippen molar-refractivity contribution < 1.29 is 9.84 Å². The normalized spacial score (nSPS) is 20.3. The van der Waals surface area contributed by atoms with Gasteiger partial charge in [-0.2, -0.15) is 0 Å². The monoisotopic (exact) mass is 440 g/mol. The molecule has 0 spiro atoms. The zero-order chi connectivity index (χ0) is 18.7. The number of methoxy groups -OCH3 is 1. The number of fused-ring (bicyclic) bond motifs is 1. The summed E-state index contributed by atoms with van der Waals surface area (Å²) in [4.78, 5) is 2.52. The highest BCUT2D eigenvalue weighted by atomic mass is 35.5. The molecule has 4 nitrogen and oxygen atoms in total. The summed E-state index contributed by atoms with van der Waals surface area (Å²) in [6, 6.07) is 12.9. The van der Waals surface area contributed by atoms with Crippen LogP contribution in [-0.2, 0) is 0 Å². The number of nitrogens with zero attached hydrogens (tertiary/aromatic N) is 1. The van der Waals surface area contributed by atoms with Crippen molar-refractivity contribution in [2.45, 2.75) is 43.6 Å². The average molecular weight is 441 g/mol. The Kier molecular flexibility index (Phi) is 9.05. The van der Waals surface area contributed by atoms with Gasteiger partial charge in [0.25, 0.3) is 0 Å². The summed E-state index contributed by atoms with van der Waals surface area (Å²) in [7, 11) is 1.71. The maximum atomic E-state index is 11.6. The summed E-state index contributed by atoms with van der Waals surface area (Å²) in [5.74, 6) is 1.06. The molecule has 0 radical (unpaired) electrons. The minimum absolute atomic E-state index is 0. The molecule has 1 saturated carbocycles. The van der Waals surface area contributed by atoms with Crippen LogP contribution in [0.4, 0.5) is 0 Å². The van der Waals surface area contributed by atoms with Gasteiger partial charge in [0.1, 0.15) is 5.75 Å². The highest BCUT2D eigenvalue weighted by Gasteiger charge is 2.39. The molecule has 6 heteroatoms. The number of hydrogen-bond donors (Lipinski definition) is 2. The molecule has 1 saturated heterocycles. The van der Waals surface area contributed by atoms with Crippen LogP contribution in [0.25, 0.3) is 10.8 Å². The van der Waals surface area contributed by atoms with Gasteiger partial charge in [-0.1, -0.05) is 43.5 Å². The van der Waals surface area contributed by atoms with E-state index in [1.165, 1.54) is 22.8 Å². The van der Waals surface area contributed by atoms with Crippen molar-refractivity contribution in [3.8, 4) is 5.75 Å². The molecule has 1 unspecified atom stereocenters. The Bertz CT molecular complexity index is 775. The first-order valence-corrected chi connectivity index (χ1v) is 10.4. The smallest absolute Gasteiger partial charge is 0.119 e. The Morgan fingerprint density at radius 3 is 2.34 bits per heavy atom. The van der Waals surface area contributed by atoms with Crippen LogP contribution < -0.4 is 10.1 Å². The van der Waals surface area contributed by atoms with E-state index in [0.29, 0.717) is 0 Å². The molecule has 0 bridgehead atoms. The Balaban J connectivity index is 0.00000150. The molecule has 2 aromatic rings. The molecule has 0 aromatic heterocycles. The molecule has 2 fully saturated rings. The number of nitrogens with one attached hydrogen (secondary N) is 1. The first-order chi connectivity index (χ1) is 13.2. The number of hydrogen-bond acceptors (Lipinski definition) is 4.